The summed E-state index contributed by atoms with van der Waals surface area (Å²) in [7, 11) is 0. The average molecular weight is 371 g/mol. The predicted molar refractivity (Wildman–Crippen MR) is 69.5 cm³/mol. The third kappa shape index (κ3) is 1.42. The van der Waals surface area contributed by atoms with Crippen molar-refractivity contribution in [3.05, 3.63) is 25.6 Å². The lowest BCUT2D eigenvalue weighted by Gasteiger charge is -2.00. The molecule has 0 nitrogen and oxygen atoms in total. The number of rotatable bonds is 0. The molecule has 0 bridgehead atoms. The van der Waals surface area contributed by atoms with Gasteiger partial charge in [-0.2, -0.15) is 0 Å². The van der Waals surface area contributed by atoms with Crippen LogP contribution in [0.5, 0.6) is 0 Å². The Bertz CT molecular complexity index is 436. The average Bonchev–Trinajstić information content (AvgIpc) is 2.48. The number of halogens is 2. The van der Waals surface area contributed by atoms with E-state index in [1.165, 1.54) is 13.7 Å². The lowest BCUT2D eigenvalue weighted by molar-refractivity contribution is 1.50. The fourth-order valence-corrected chi connectivity index (χ4v) is 4.04. The summed E-state index contributed by atoms with van der Waals surface area (Å²) in [6.45, 7) is 0. The fourth-order valence-electron chi connectivity index (χ4n) is 1.05. The van der Waals surface area contributed by atoms with Crippen LogP contribution in [0.4, 0.5) is 0 Å². The van der Waals surface area contributed by atoms with Crippen molar-refractivity contribution in [2.24, 2.45) is 0 Å². The van der Waals surface area contributed by atoms with Gasteiger partial charge in [-0.25, -0.2) is 0 Å². The number of thiophene rings is 1. The van der Waals surface area contributed by atoms with Gasteiger partial charge in [0.25, 0.3) is 0 Å². The number of thiol groups is 1. The van der Waals surface area contributed by atoms with Crippen LogP contribution in [0, 0.1) is 3.57 Å². The molecule has 1 heterocycles. The van der Waals surface area contributed by atoms with Crippen LogP contribution in [-0.4, -0.2) is 0 Å². The summed E-state index contributed by atoms with van der Waals surface area (Å²) in [6, 6.07) is 4.21. The Hall–Kier alpha value is 0.740. The Morgan fingerprint density at radius 1 is 1.50 bits per heavy atom. The van der Waals surface area contributed by atoms with E-state index in [-0.39, 0.29) is 0 Å². The maximum absolute atomic E-state index is 4.43. The van der Waals surface area contributed by atoms with Crippen molar-refractivity contribution >= 4 is 72.6 Å². The highest BCUT2D eigenvalue weighted by atomic mass is 127. The molecule has 0 aliphatic carbocycles. The van der Waals surface area contributed by atoms with E-state index in [9.17, 15) is 0 Å². The molecular formula is C8H4BrIS2. The molecule has 2 rings (SSSR count). The Morgan fingerprint density at radius 3 is 3.00 bits per heavy atom. The molecule has 0 saturated carbocycles. The molecule has 0 saturated heterocycles. The quantitative estimate of drug-likeness (QED) is 0.510. The van der Waals surface area contributed by atoms with Gasteiger partial charge in [-0.05, 0) is 56.0 Å². The maximum atomic E-state index is 4.43. The van der Waals surface area contributed by atoms with Crippen molar-refractivity contribution in [1.82, 2.24) is 0 Å². The zero-order valence-corrected chi connectivity index (χ0v) is 11.3. The van der Waals surface area contributed by atoms with Crippen molar-refractivity contribution in [2.45, 2.75) is 4.90 Å². The molecule has 0 aliphatic heterocycles. The van der Waals surface area contributed by atoms with E-state index in [1.807, 2.05) is 0 Å². The SMILES string of the molecule is Sc1c(Br)cc(I)c2sccc12. The molecule has 2 aromatic rings. The lowest BCUT2D eigenvalue weighted by Crippen LogP contribution is -1.76. The predicted octanol–water partition coefficient (Wildman–Crippen LogP) is 4.56. The fraction of sp³-hybridized carbons (Fsp3) is 0. The Morgan fingerprint density at radius 2 is 2.25 bits per heavy atom. The van der Waals surface area contributed by atoms with Gasteiger partial charge >= 0.3 is 0 Å². The summed E-state index contributed by atoms with van der Waals surface area (Å²) in [4.78, 5) is 1.03. The van der Waals surface area contributed by atoms with E-state index in [1.54, 1.807) is 11.3 Å². The van der Waals surface area contributed by atoms with Crippen molar-refractivity contribution in [3.8, 4) is 0 Å². The molecule has 0 aliphatic rings. The van der Waals surface area contributed by atoms with Crippen LogP contribution in [-0.2, 0) is 0 Å². The molecule has 0 fully saturated rings. The highest BCUT2D eigenvalue weighted by Gasteiger charge is 2.06. The molecule has 0 N–H and O–H groups in total. The van der Waals surface area contributed by atoms with E-state index in [0.29, 0.717) is 0 Å². The van der Waals surface area contributed by atoms with Gasteiger partial charge in [0.05, 0.1) is 0 Å². The summed E-state index contributed by atoms with van der Waals surface area (Å²) in [5, 5.41) is 3.33. The van der Waals surface area contributed by atoms with Gasteiger partial charge < -0.3 is 0 Å². The van der Waals surface area contributed by atoms with E-state index in [2.05, 4.69) is 68.7 Å². The third-order valence-corrected chi connectivity index (χ3v) is 5.20. The van der Waals surface area contributed by atoms with Crippen LogP contribution < -0.4 is 0 Å². The Labute approximate surface area is 102 Å². The van der Waals surface area contributed by atoms with Crippen LogP contribution in [0.15, 0.2) is 26.9 Å². The zero-order chi connectivity index (χ0) is 8.72. The molecule has 1 aromatic carbocycles. The highest BCUT2D eigenvalue weighted by Crippen LogP contribution is 2.35. The monoisotopic (exact) mass is 370 g/mol. The number of fused-ring (bicyclic) bond motifs is 1. The number of benzene rings is 1. The molecular weight excluding hydrogens is 367 g/mol. The van der Waals surface area contributed by atoms with Gasteiger partial charge in [-0.15, -0.1) is 24.0 Å². The van der Waals surface area contributed by atoms with Gasteiger partial charge in [-0.3, -0.25) is 0 Å². The molecule has 4 heteroatoms. The smallest absolute Gasteiger partial charge is 0.0488 e. The van der Waals surface area contributed by atoms with Crippen LogP contribution >= 0.6 is 62.5 Å². The topological polar surface area (TPSA) is 0 Å². The van der Waals surface area contributed by atoms with Crippen LogP contribution in [0.2, 0.25) is 0 Å². The van der Waals surface area contributed by atoms with E-state index < -0.39 is 0 Å². The third-order valence-electron chi connectivity index (χ3n) is 1.62. The molecule has 0 unspecified atom stereocenters. The highest BCUT2D eigenvalue weighted by molar-refractivity contribution is 14.1. The first-order chi connectivity index (χ1) is 5.70. The van der Waals surface area contributed by atoms with Gasteiger partial charge in [0.2, 0.25) is 0 Å². The second-order valence-electron chi connectivity index (χ2n) is 2.35. The zero-order valence-electron chi connectivity index (χ0n) is 5.84. The molecule has 12 heavy (non-hydrogen) atoms. The largest absolute Gasteiger partial charge is 0.143 e. The second-order valence-corrected chi connectivity index (χ2v) is 5.73. The summed E-state index contributed by atoms with van der Waals surface area (Å²) >= 11 is 12.0. The Balaban J connectivity index is 2.97. The Kier molecular flexibility index (Phi) is 2.69. The summed E-state index contributed by atoms with van der Waals surface area (Å²) in [5.41, 5.74) is 0. The summed E-state index contributed by atoms with van der Waals surface area (Å²) < 4.78 is 3.67. The van der Waals surface area contributed by atoms with Crippen molar-refractivity contribution < 1.29 is 0 Å². The van der Waals surface area contributed by atoms with E-state index in [4.69, 9.17) is 0 Å². The first kappa shape index (κ1) is 9.30. The van der Waals surface area contributed by atoms with E-state index in [0.717, 1.165) is 9.37 Å². The minimum absolute atomic E-state index is 1.03. The number of hydrogen-bond donors (Lipinski definition) is 1. The number of hydrogen-bond acceptors (Lipinski definition) is 2. The van der Waals surface area contributed by atoms with Crippen LogP contribution in [0.3, 0.4) is 0 Å². The maximum Gasteiger partial charge on any atom is 0.0488 e. The van der Waals surface area contributed by atoms with Crippen molar-refractivity contribution in [1.29, 1.82) is 0 Å². The molecule has 0 amide bonds. The molecule has 0 atom stereocenters. The van der Waals surface area contributed by atoms with Crippen molar-refractivity contribution in [2.75, 3.05) is 0 Å². The van der Waals surface area contributed by atoms with Gasteiger partial charge in [0.15, 0.2) is 0 Å². The molecule has 0 spiro atoms. The first-order valence-electron chi connectivity index (χ1n) is 3.24. The summed E-state index contributed by atoms with van der Waals surface area (Å²) in [6.07, 6.45) is 0. The standard InChI is InChI=1S/C8H4BrIS2/c9-5-3-6(10)8-4(7(5)11)1-2-12-8/h1-3,11H. The first-order valence-corrected chi connectivity index (χ1v) is 6.44. The van der Waals surface area contributed by atoms with Crippen LogP contribution in [0.1, 0.15) is 0 Å². The minimum atomic E-state index is 1.03. The second kappa shape index (κ2) is 3.48. The lowest BCUT2D eigenvalue weighted by atomic mass is 10.3. The van der Waals surface area contributed by atoms with Gasteiger partial charge in [0.1, 0.15) is 0 Å². The normalized spacial score (nSPS) is 10.9. The minimum Gasteiger partial charge on any atom is -0.143 e. The molecule has 62 valence electrons. The molecule has 0 radical (unpaired) electrons. The van der Waals surface area contributed by atoms with Gasteiger partial charge in [0, 0.05) is 23.0 Å². The summed E-state index contributed by atoms with van der Waals surface area (Å²) in [5.74, 6) is 0. The van der Waals surface area contributed by atoms with Gasteiger partial charge in [-0.1, -0.05) is 0 Å². The van der Waals surface area contributed by atoms with Crippen LogP contribution in [0.25, 0.3) is 10.1 Å². The van der Waals surface area contributed by atoms with Crippen molar-refractivity contribution in [3.63, 3.8) is 0 Å². The molecule has 1 aromatic heterocycles. The van der Waals surface area contributed by atoms with E-state index >= 15 is 0 Å².